The summed E-state index contributed by atoms with van der Waals surface area (Å²) < 4.78 is 17.8. The molecule has 0 amide bonds. The van der Waals surface area contributed by atoms with Crippen LogP contribution < -0.4 is 5.32 Å². The molecule has 1 aromatic carbocycles. The lowest BCUT2D eigenvalue weighted by Crippen LogP contribution is -2.36. The summed E-state index contributed by atoms with van der Waals surface area (Å²) >= 11 is 3.54. The molecule has 7 heteroatoms. The number of halogens is 1. The van der Waals surface area contributed by atoms with Crippen molar-refractivity contribution in [1.29, 1.82) is 0 Å². The van der Waals surface area contributed by atoms with Crippen molar-refractivity contribution >= 4 is 27.7 Å². The van der Waals surface area contributed by atoms with Crippen molar-refractivity contribution < 1.29 is 23.5 Å². The molecule has 3 atom stereocenters. The highest BCUT2D eigenvalue weighted by Crippen LogP contribution is 2.46. The van der Waals surface area contributed by atoms with E-state index in [2.05, 4.69) is 21.2 Å². The highest BCUT2D eigenvalue weighted by atomic mass is 79.9. The average Bonchev–Trinajstić information content (AvgIpc) is 3.50. The van der Waals surface area contributed by atoms with Crippen LogP contribution in [-0.4, -0.2) is 31.1 Å². The van der Waals surface area contributed by atoms with Gasteiger partial charge in [0.2, 0.25) is 0 Å². The number of esters is 1. The standard InChI is InChI=1S/C26H26BrNO5/c1-15-23(26(30)33-14-19-7-3-9-31-19)24(16-5-2-6-18(27)11-16)25-20(28-15)12-17(13-21(25)29)22-8-4-10-32-22/h2,4-6,8,10-11,17,19,24,28H,3,7,9,12-14H2,1H3/t17-,19-,24-/m0/s1. The van der Waals surface area contributed by atoms with Gasteiger partial charge in [0.05, 0.1) is 17.9 Å². The van der Waals surface area contributed by atoms with Crippen LogP contribution in [0, 0.1) is 0 Å². The second-order valence-corrected chi connectivity index (χ2v) is 9.74. The summed E-state index contributed by atoms with van der Waals surface area (Å²) in [4.78, 5) is 26.8. The van der Waals surface area contributed by atoms with Crippen molar-refractivity contribution in [3.05, 3.63) is 81.0 Å². The largest absolute Gasteiger partial charge is 0.469 e. The summed E-state index contributed by atoms with van der Waals surface area (Å²) in [6, 6.07) is 11.5. The number of carbonyl (C=O) groups excluding carboxylic acids is 2. The molecule has 2 aliphatic heterocycles. The van der Waals surface area contributed by atoms with Crippen LogP contribution >= 0.6 is 15.9 Å². The average molecular weight is 512 g/mol. The lowest BCUT2D eigenvalue weighted by Gasteiger charge is -2.36. The Kier molecular flexibility index (Phi) is 6.25. The summed E-state index contributed by atoms with van der Waals surface area (Å²) in [6.45, 7) is 2.80. The Morgan fingerprint density at radius 1 is 1.24 bits per heavy atom. The second kappa shape index (κ2) is 9.31. The van der Waals surface area contributed by atoms with Gasteiger partial charge in [0.15, 0.2) is 5.78 Å². The molecule has 0 saturated carbocycles. The number of hydrogen-bond acceptors (Lipinski definition) is 6. The van der Waals surface area contributed by atoms with Gasteiger partial charge in [-0.15, -0.1) is 0 Å². The van der Waals surface area contributed by atoms with Crippen molar-refractivity contribution in [3.8, 4) is 0 Å². The maximum atomic E-state index is 13.5. The van der Waals surface area contributed by atoms with Crippen LogP contribution in [0.25, 0.3) is 0 Å². The minimum absolute atomic E-state index is 0.0204. The fraction of sp³-hybridized carbons (Fsp3) is 0.385. The quantitative estimate of drug-likeness (QED) is 0.560. The van der Waals surface area contributed by atoms with Gasteiger partial charge in [-0.1, -0.05) is 28.1 Å². The van der Waals surface area contributed by atoms with Crippen LogP contribution in [0.3, 0.4) is 0 Å². The molecule has 3 aliphatic rings. The van der Waals surface area contributed by atoms with E-state index in [1.165, 1.54) is 0 Å². The third-order valence-corrected chi connectivity index (χ3v) is 7.09. The Morgan fingerprint density at radius 3 is 2.85 bits per heavy atom. The molecule has 0 radical (unpaired) electrons. The van der Waals surface area contributed by atoms with Crippen molar-refractivity contribution in [2.75, 3.05) is 13.2 Å². The lowest BCUT2D eigenvalue weighted by atomic mass is 9.72. The van der Waals surface area contributed by atoms with Crippen LogP contribution in [0.2, 0.25) is 0 Å². The van der Waals surface area contributed by atoms with Crippen LogP contribution in [0.5, 0.6) is 0 Å². The topological polar surface area (TPSA) is 77.8 Å². The first-order valence-electron chi connectivity index (χ1n) is 11.3. The van der Waals surface area contributed by atoms with E-state index >= 15 is 0 Å². The van der Waals surface area contributed by atoms with Crippen molar-refractivity contribution in [2.45, 2.75) is 50.5 Å². The van der Waals surface area contributed by atoms with E-state index in [1.54, 1.807) is 6.26 Å². The molecular weight excluding hydrogens is 486 g/mol. The van der Waals surface area contributed by atoms with Gasteiger partial charge >= 0.3 is 5.97 Å². The van der Waals surface area contributed by atoms with E-state index in [1.807, 2.05) is 43.3 Å². The number of ketones is 1. The molecule has 1 fully saturated rings. The minimum atomic E-state index is -0.485. The predicted molar refractivity (Wildman–Crippen MR) is 125 cm³/mol. The number of rotatable bonds is 5. The van der Waals surface area contributed by atoms with Gasteiger partial charge in [-0.3, -0.25) is 4.79 Å². The maximum absolute atomic E-state index is 13.5. The molecule has 3 heterocycles. The van der Waals surface area contributed by atoms with Crippen LogP contribution in [0.1, 0.15) is 55.8 Å². The molecule has 1 aliphatic carbocycles. The zero-order chi connectivity index (χ0) is 22.9. The summed E-state index contributed by atoms with van der Waals surface area (Å²) in [5, 5.41) is 3.37. The molecule has 1 N–H and O–H groups in total. The Labute approximate surface area is 201 Å². The maximum Gasteiger partial charge on any atom is 0.336 e. The van der Waals surface area contributed by atoms with Gasteiger partial charge in [-0.2, -0.15) is 0 Å². The van der Waals surface area contributed by atoms with E-state index in [0.29, 0.717) is 36.3 Å². The predicted octanol–water partition coefficient (Wildman–Crippen LogP) is 5.13. The van der Waals surface area contributed by atoms with Gasteiger partial charge in [-0.05, 0) is 56.0 Å². The summed E-state index contributed by atoms with van der Waals surface area (Å²) in [6.07, 6.45) is 4.44. The van der Waals surface area contributed by atoms with Crippen molar-refractivity contribution in [3.63, 3.8) is 0 Å². The van der Waals surface area contributed by atoms with E-state index in [-0.39, 0.29) is 24.4 Å². The number of Topliss-reactive ketones (excluding diaryl/α,β-unsaturated/α-hetero) is 1. The van der Waals surface area contributed by atoms with Crippen LogP contribution in [0.15, 0.2) is 74.1 Å². The fourth-order valence-corrected chi connectivity index (χ4v) is 5.49. The van der Waals surface area contributed by atoms with Crippen molar-refractivity contribution in [2.24, 2.45) is 0 Å². The Bertz CT molecular complexity index is 1130. The van der Waals surface area contributed by atoms with E-state index < -0.39 is 11.9 Å². The normalized spacial score (nSPS) is 25.2. The zero-order valence-corrected chi connectivity index (χ0v) is 20.0. The SMILES string of the molecule is CC1=C(C(=O)OC[C@@H]2CCCO2)[C@H](c2cccc(Br)c2)C2=C(C[C@H](c3ccco3)CC2=O)N1. The highest BCUT2D eigenvalue weighted by Gasteiger charge is 2.42. The minimum Gasteiger partial charge on any atom is -0.469 e. The summed E-state index contributed by atoms with van der Waals surface area (Å²) in [7, 11) is 0. The molecule has 1 aromatic heterocycles. The number of benzene rings is 1. The number of allylic oxidation sites excluding steroid dienone is 3. The lowest BCUT2D eigenvalue weighted by molar-refractivity contribution is -0.142. The molecule has 33 heavy (non-hydrogen) atoms. The number of nitrogens with one attached hydrogen (secondary N) is 1. The van der Waals surface area contributed by atoms with Crippen LogP contribution in [0.4, 0.5) is 0 Å². The van der Waals surface area contributed by atoms with Gasteiger partial charge in [0.25, 0.3) is 0 Å². The van der Waals surface area contributed by atoms with Gasteiger partial charge in [0, 0.05) is 46.3 Å². The van der Waals surface area contributed by atoms with E-state index in [4.69, 9.17) is 13.9 Å². The number of ether oxygens (including phenoxy) is 2. The van der Waals surface area contributed by atoms with Crippen molar-refractivity contribution in [1.82, 2.24) is 5.32 Å². The van der Waals surface area contributed by atoms with E-state index in [9.17, 15) is 9.59 Å². The zero-order valence-electron chi connectivity index (χ0n) is 18.4. The first-order chi connectivity index (χ1) is 16.0. The Morgan fingerprint density at radius 2 is 2.12 bits per heavy atom. The molecule has 0 bridgehead atoms. The number of dihydropyridines is 1. The smallest absolute Gasteiger partial charge is 0.336 e. The fourth-order valence-electron chi connectivity index (χ4n) is 5.08. The Balaban J connectivity index is 1.50. The highest BCUT2D eigenvalue weighted by molar-refractivity contribution is 9.10. The summed E-state index contributed by atoms with van der Waals surface area (Å²) in [5.74, 6) is -0.0948. The molecule has 172 valence electrons. The van der Waals surface area contributed by atoms with E-state index in [0.717, 1.165) is 34.3 Å². The molecule has 2 aromatic rings. The molecule has 0 unspecified atom stereocenters. The summed E-state index contributed by atoms with van der Waals surface area (Å²) in [5.41, 5.74) is 3.57. The molecule has 0 spiro atoms. The third-order valence-electron chi connectivity index (χ3n) is 6.60. The molecular formula is C26H26BrNO5. The first kappa shape index (κ1) is 22.2. The number of carbonyl (C=O) groups is 2. The molecule has 5 rings (SSSR count). The first-order valence-corrected chi connectivity index (χ1v) is 12.1. The monoisotopic (exact) mass is 511 g/mol. The number of hydrogen-bond donors (Lipinski definition) is 1. The molecule has 6 nitrogen and oxygen atoms in total. The molecule has 1 saturated heterocycles. The number of furan rings is 1. The van der Waals surface area contributed by atoms with Gasteiger partial charge < -0.3 is 19.2 Å². The van der Waals surface area contributed by atoms with Gasteiger partial charge in [-0.25, -0.2) is 4.79 Å². The van der Waals surface area contributed by atoms with Crippen LogP contribution in [-0.2, 0) is 19.1 Å². The van der Waals surface area contributed by atoms with Gasteiger partial charge in [0.1, 0.15) is 12.4 Å². The third kappa shape index (κ3) is 4.44. The Hall–Kier alpha value is -2.64. The second-order valence-electron chi connectivity index (χ2n) is 8.82.